The van der Waals surface area contributed by atoms with Crippen LogP contribution in [0.1, 0.15) is 15.9 Å². The molecule has 0 unspecified atom stereocenters. The van der Waals surface area contributed by atoms with Crippen LogP contribution in [0.5, 0.6) is 5.75 Å². The zero-order valence-electron chi connectivity index (χ0n) is 10.5. The lowest BCUT2D eigenvalue weighted by Crippen LogP contribution is -2.17. The van der Waals surface area contributed by atoms with Crippen molar-refractivity contribution >= 4 is 73.2 Å². The van der Waals surface area contributed by atoms with Crippen molar-refractivity contribution in [3.8, 4) is 5.75 Å². The van der Waals surface area contributed by atoms with Crippen LogP contribution in [0.4, 0.5) is 0 Å². The summed E-state index contributed by atoms with van der Waals surface area (Å²) in [5, 5.41) is 13.8. The Kier molecular flexibility index (Phi) is 5.99. The molecule has 2 N–H and O–H groups in total. The fraction of sp³-hybridized carbons (Fsp3) is 0. The molecule has 2 aromatic rings. The van der Waals surface area contributed by atoms with Crippen molar-refractivity contribution in [2.45, 2.75) is 0 Å². The van der Waals surface area contributed by atoms with E-state index in [1.54, 1.807) is 24.3 Å². The molecule has 0 bridgehead atoms. The van der Waals surface area contributed by atoms with Crippen LogP contribution in [-0.2, 0) is 0 Å². The van der Waals surface area contributed by atoms with Crippen LogP contribution in [-0.4, -0.2) is 17.2 Å². The first kappa shape index (κ1) is 16.7. The van der Waals surface area contributed by atoms with Crippen LogP contribution in [0.3, 0.4) is 0 Å². The van der Waals surface area contributed by atoms with Gasteiger partial charge in [0.15, 0.2) is 0 Å². The SMILES string of the molecule is O=C(N/N=C/c1cc(I)cc(I)c1O)c1cccc(Br)c1. The second kappa shape index (κ2) is 7.54. The van der Waals surface area contributed by atoms with E-state index in [9.17, 15) is 9.90 Å². The summed E-state index contributed by atoms with van der Waals surface area (Å²) in [5.41, 5.74) is 3.49. The molecule has 0 aromatic heterocycles. The second-order valence-electron chi connectivity index (χ2n) is 4.03. The summed E-state index contributed by atoms with van der Waals surface area (Å²) < 4.78 is 2.54. The number of benzene rings is 2. The van der Waals surface area contributed by atoms with Gasteiger partial charge in [0.25, 0.3) is 5.91 Å². The first-order valence-corrected chi connectivity index (χ1v) is 8.69. The Morgan fingerprint density at radius 3 is 2.76 bits per heavy atom. The van der Waals surface area contributed by atoms with E-state index in [0.717, 1.165) is 11.6 Å². The first-order chi connectivity index (χ1) is 9.97. The van der Waals surface area contributed by atoms with E-state index in [1.807, 2.05) is 34.7 Å². The molecule has 0 heterocycles. The molecule has 0 radical (unpaired) electrons. The Balaban J connectivity index is 2.11. The third-order valence-corrected chi connectivity index (χ3v) is 4.45. The van der Waals surface area contributed by atoms with Crippen LogP contribution in [0, 0.1) is 7.14 Å². The third-order valence-electron chi connectivity index (χ3n) is 2.51. The molecule has 0 aliphatic carbocycles. The van der Waals surface area contributed by atoms with Crippen molar-refractivity contribution in [3.05, 3.63) is 59.1 Å². The van der Waals surface area contributed by atoms with E-state index >= 15 is 0 Å². The number of hydrogen-bond donors (Lipinski definition) is 2. The highest BCUT2D eigenvalue weighted by Crippen LogP contribution is 2.25. The van der Waals surface area contributed by atoms with Crippen LogP contribution in [0.15, 0.2) is 46.0 Å². The molecule has 0 saturated carbocycles. The number of halogens is 3. The minimum absolute atomic E-state index is 0.150. The molecule has 2 rings (SSSR count). The molecule has 108 valence electrons. The van der Waals surface area contributed by atoms with Gasteiger partial charge in [-0.25, -0.2) is 5.43 Å². The highest BCUT2D eigenvalue weighted by Gasteiger charge is 2.06. The number of amides is 1. The van der Waals surface area contributed by atoms with Crippen molar-refractivity contribution in [3.63, 3.8) is 0 Å². The van der Waals surface area contributed by atoms with Gasteiger partial charge in [0.2, 0.25) is 0 Å². The van der Waals surface area contributed by atoms with E-state index in [1.165, 1.54) is 6.21 Å². The van der Waals surface area contributed by atoms with E-state index < -0.39 is 0 Å². The highest BCUT2D eigenvalue weighted by molar-refractivity contribution is 14.1. The maximum absolute atomic E-state index is 11.9. The number of hydrazone groups is 1. The number of hydrogen-bond acceptors (Lipinski definition) is 3. The van der Waals surface area contributed by atoms with Crippen molar-refractivity contribution in [1.82, 2.24) is 5.43 Å². The summed E-state index contributed by atoms with van der Waals surface area (Å²) >= 11 is 7.51. The van der Waals surface area contributed by atoms with Crippen LogP contribution >= 0.6 is 61.1 Å². The molecular weight excluding hydrogens is 562 g/mol. The Bertz CT molecular complexity index is 720. The molecule has 0 saturated heterocycles. The zero-order chi connectivity index (χ0) is 15.4. The number of carbonyl (C=O) groups excluding carboxylic acids is 1. The predicted molar refractivity (Wildman–Crippen MR) is 103 cm³/mol. The summed E-state index contributed by atoms with van der Waals surface area (Å²) in [5.74, 6) is -0.163. The minimum atomic E-state index is -0.313. The van der Waals surface area contributed by atoms with Gasteiger partial charge in [-0.1, -0.05) is 22.0 Å². The molecule has 0 aliphatic heterocycles. The molecule has 1 amide bonds. The molecule has 2 aromatic carbocycles. The van der Waals surface area contributed by atoms with Gasteiger partial charge in [-0.15, -0.1) is 0 Å². The van der Waals surface area contributed by atoms with Crippen LogP contribution in [0.2, 0.25) is 0 Å². The van der Waals surface area contributed by atoms with E-state index in [0.29, 0.717) is 11.1 Å². The lowest BCUT2D eigenvalue weighted by atomic mass is 10.2. The molecule has 7 heteroatoms. The average Bonchev–Trinajstić information content (AvgIpc) is 2.43. The van der Waals surface area contributed by atoms with Gasteiger partial charge in [-0.3, -0.25) is 4.79 Å². The summed E-state index contributed by atoms with van der Waals surface area (Å²) in [6, 6.07) is 10.7. The van der Waals surface area contributed by atoms with Gasteiger partial charge in [0.1, 0.15) is 5.75 Å². The maximum atomic E-state index is 11.9. The lowest BCUT2D eigenvalue weighted by Gasteiger charge is -2.03. The Hall–Kier alpha value is -0.680. The second-order valence-corrected chi connectivity index (χ2v) is 7.36. The number of phenolic OH excluding ortho intramolecular Hbond substituents is 1. The van der Waals surface area contributed by atoms with Gasteiger partial charge in [-0.05, 0) is 75.5 Å². The Morgan fingerprint density at radius 1 is 1.29 bits per heavy atom. The number of nitrogens with zero attached hydrogens (tertiary/aromatic N) is 1. The van der Waals surface area contributed by atoms with Crippen LogP contribution < -0.4 is 5.43 Å². The number of phenols is 1. The number of carbonyl (C=O) groups is 1. The van der Waals surface area contributed by atoms with E-state index in [-0.39, 0.29) is 11.7 Å². The summed E-state index contributed by atoms with van der Waals surface area (Å²) in [7, 11) is 0. The smallest absolute Gasteiger partial charge is 0.271 e. The number of nitrogens with one attached hydrogen (secondary N) is 1. The summed E-state index contributed by atoms with van der Waals surface area (Å²) in [6.07, 6.45) is 1.43. The lowest BCUT2D eigenvalue weighted by molar-refractivity contribution is 0.0955. The van der Waals surface area contributed by atoms with Crippen molar-refractivity contribution in [1.29, 1.82) is 0 Å². The Morgan fingerprint density at radius 2 is 2.05 bits per heavy atom. The molecule has 0 fully saturated rings. The van der Waals surface area contributed by atoms with Crippen LogP contribution in [0.25, 0.3) is 0 Å². The summed E-state index contributed by atoms with van der Waals surface area (Å²) in [4.78, 5) is 11.9. The molecule has 21 heavy (non-hydrogen) atoms. The largest absolute Gasteiger partial charge is 0.506 e. The number of aromatic hydroxyl groups is 1. The Labute approximate surface area is 157 Å². The standard InChI is InChI=1S/C14H9BrI2N2O2/c15-10-3-1-2-8(4-10)14(21)19-18-7-9-5-11(16)6-12(17)13(9)20/h1-7,20H,(H,19,21)/b18-7+. The summed E-state index contributed by atoms with van der Waals surface area (Å²) in [6.45, 7) is 0. The van der Waals surface area contributed by atoms with E-state index in [2.05, 4.69) is 49.0 Å². The monoisotopic (exact) mass is 570 g/mol. The third kappa shape index (κ3) is 4.65. The van der Waals surface area contributed by atoms with Crippen molar-refractivity contribution in [2.24, 2.45) is 5.10 Å². The van der Waals surface area contributed by atoms with E-state index in [4.69, 9.17) is 0 Å². The van der Waals surface area contributed by atoms with Gasteiger partial charge in [-0.2, -0.15) is 5.10 Å². The number of rotatable bonds is 3. The normalized spacial score (nSPS) is 10.8. The fourth-order valence-corrected chi connectivity index (χ4v) is 3.83. The van der Waals surface area contributed by atoms with Gasteiger partial charge >= 0.3 is 0 Å². The quantitative estimate of drug-likeness (QED) is 0.331. The van der Waals surface area contributed by atoms with Crippen molar-refractivity contribution in [2.75, 3.05) is 0 Å². The van der Waals surface area contributed by atoms with Gasteiger partial charge in [0.05, 0.1) is 9.78 Å². The maximum Gasteiger partial charge on any atom is 0.271 e. The van der Waals surface area contributed by atoms with Crippen molar-refractivity contribution < 1.29 is 9.90 Å². The molecule has 4 nitrogen and oxygen atoms in total. The molecule has 0 spiro atoms. The minimum Gasteiger partial charge on any atom is -0.506 e. The zero-order valence-corrected chi connectivity index (χ0v) is 16.4. The average molecular weight is 571 g/mol. The topological polar surface area (TPSA) is 61.7 Å². The highest BCUT2D eigenvalue weighted by atomic mass is 127. The predicted octanol–water partition coefficient (Wildman–Crippen LogP) is 4.13. The molecular formula is C14H9BrI2N2O2. The molecule has 0 atom stereocenters. The fourth-order valence-electron chi connectivity index (χ4n) is 1.54. The van der Waals surface area contributed by atoms with Gasteiger partial charge < -0.3 is 5.11 Å². The first-order valence-electron chi connectivity index (χ1n) is 5.74. The molecule has 0 aliphatic rings. The van der Waals surface area contributed by atoms with Gasteiger partial charge in [0, 0.05) is 19.2 Å².